The van der Waals surface area contributed by atoms with E-state index in [1.807, 2.05) is 32.6 Å². The number of hydrogen-bond donors (Lipinski definition) is 1. The Balaban J connectivity index is 2.95. The highest BCUT2D eigenvalue weighted by atomic mass is 35.5. The molecule has 1 aromatic heterocycles. The Morgan fingerprint density at radius 3 is 2.44 bits per heavy atom. The molecule has 0 aliphatic heterocycles. The summed E-state index contributed by atoms with van der Waals surface area (Å²) in [5, 5.41) is 3.09. The summed E-state index contributed by atoms with van der Waals surface area (Å²) in [6, 6.07) is 0. The molecule has 0 radical (unpaired) electrons. The van der Waals surface area contributed by atoms with E-state index in [4.69, 9.17) is 11.6 Å². The molecule has 100 valence electrons. The van der Waals surface area contributed by atoms with Crippen LogP contribution >= 0.6 is 11.6 Å². The molecule has 18 heavy (non-hydrogen) atoms. The van der Waals surface area contributed by atoms with Crippen molar-refractivity contribution in [3.8, 4) is 0 Å². The fourth-order valence-electron chi connectivity index (χ4n) is 1.53. The van der Waals surface area contributed by atoms with Crippen molar-refractivity contribution in [1.29, 1.82) is 0 Å². The third-order valence-corrected chi connectivity index (χ3v) is 2.89. The van der Waals surface area contributed by atoms with Gasteiger partial charge in [-0.3, -0.25) is 4.79 Å². The van der Waals surface area contributed by atoms with Crippen LogP contribution in [0.1, 0.15) is 25.2 Å². The van der Waals surface area contributed by atoms with E-state index in [0.29, 0.717) is 24.1 Å². The van der Waals surface area contributed by atoms with Crippen LogP contribution in [0.5, 0.6) is 0 Å². The van der Waals surface area contributed by atoms with Crippen LogP contribution in [0, 0.1) is 13.8 Å². The van der Waals surface area contributed by atoms with E-state index in [9.17, 15) is 4.79 Å². The summed E-state index contributed by atoms with van der Waals surface area (Å²) in [5.74, 6) is 0.518. The zero-order valence-corrected chi connectivity index (χ0v) is 12.0. The van der Waals surface area contributed by atoms with E-state index < -0.39 is 0 Å². The van der Waals surface area contributed by atoms with Crippen LogP contribution in [0.4, 0.5) is 5.82 Å². The number of aryl methyl sites for hydroxylation is 2. The van der Waals surface area contributed by atoms with Gasteiger partial charge in [-0.25, -0.2) is 9.97 Å². The molecule has 5 nitrogen and oxygen atoms in total. The van der Waals surface area contributed by atoms with Gasteiger partial charge in [-0.2, -0.15) is 0 Å². The van der Waals surface area contributed by atoms with Crippen molar-refractivity contribution in [3.05, 3.63) is 16.5 Å². The molecule has 0 spiro atoms. The van der Waals surface area contributed by atoms with Crippen LogP contribution in [0.2, 0.25) is 5.15 Å². The van der Waals surface area contributed by atoms with E-state index in [1.165, 1.54) is 0 Å². The molecule has 1 amide bonds. The van der Waals surface area contributed by atoms with Crippen LogP contribution in [-0.4, -0.2) is 35.5 Å². The van der Waals surface area contributed by atoms with Gasteiger partial charge in [0.15, 0.2) is 11.0 Å². The Labute approximate surface area is 113 Å². The first-order valence-corrected chi connectivity index (χ1v) is 6.39. The van der Waals surface area contributed by atoms with E-state index in [1.54, 1.807) is 0 Å². The SMILES string of the molecule is CCNC(=O)CN(CC)c1nc(C)c(C)nc1Cl. The van der Waals surface area contributed by atoms with Crippen LogP contribution in [0.25, 0.3) is 0 Å². The maximum atomic E-state index is 11.6. The summed E-state index contributed by atoms with van der Waals surface area (Å²) in [6.07, 6.45) is 0. The number of rotatable bonds is 5. The molecule has 0 atom stereocenters. The van der Waals surface area contributed by atoms with Gasteiger partial charge < -0.3 is 10.2 Å². The molecule has 1 rings (SSSR count). The fourth-order valence-corrected chi connectivity index (χ4v) is 1.82. The van der Waals surface area contributed by atoms with Gasteiger partial charge in [0, 0.05) is 13.1 Å². The Morgan fingerprint density at radius 2 is 1.89 bits per heavy atom. The molecule has 0 aliphatic carbocycles. The zero-order valence-electron chi connectivity index (χ0n) is 11.2. The van der Waals surface area contributed by atoms with Gasteiger partial charge in [0.2, 0.25) is 5.91 Å². The van der Waals surface area contributed by atoms with Crippen molar-refractivity contribution in [1.82, 2.24) is 15.3 Å². The smallest absolute Gasteiger partial charge is 0.239 e. The molecular formula is C12H19ClN4O. The number of likely N-dealkylation sites (N-methyl/N-ethyl adjacent to an activating group) is 2. The average Bonchev–Trinajstić information content (AvgIpc) is 2.31. The topological polar surface area (TPSA) is 58.1 Å². The Bertz CT molecular complexity index is 436. The molecule has 6 heteroatoms. The van der Waals surface area contributed by atoms with Crippen LogP contribution in [0.3, 0.4) is 0 Å². The van der Waals surface area contributed by atoms with Gasteiger partial charge in [-0.1, -0.05) is 11.6 Å². The van der Waals surface area contributed by atoms with Crippen molar-refractivity contribution in [2.75, 3.05) is 24.5 Å². The lowest BCUT2D eigenvalue weighted by molar-refractivity contribution is -0.119. The van der Waals surface area contributed by atoms with Gasteiger partial charge in [0.25, 0.3) is 0 Å². The third-order valence-electron chi connectivity index (χ3n) is 2.64. The minimum absolute atomic E-state index is 0.0459. The van der Waals surface area contributed by atoms with E-state index in [0.717, 1.165) is 11.4 Å². The summed E-state index contributed by atoms with van der Waals surface area (Å²) in [7, 11) is 0. The molecule has 0 aliphatic rings. The summed E-state index contributed by atoms with van der Waals surface area (Å²) >= 11 is 6.09. The molecule has 0 unspecified atom stereocenters. The van der Waals surface area contributed by atoms with Crippen LogP contribution in [0.15, 0.2) is 0 Å². The number of halogens is 1. The largest absolute Gasteiger partial charge is 0.355 e. The fraction of sp³-hybridized carbons (Fsp3) is 0.583. The Kier molecular flexibility index (Phi) is 5.34. The second-order valence-corrected chi connectivity index (χ2v) is 4.33. The van der Waals surface area contributed by atoms with Gasteiger partial charge >= 0.3 is 0 Å². The summed E-state index contributed by atoms with van der Waals surface area (Å²) < 4.78 is 0. The number of aromatic nitrogens is 2. The number of carbonyl (C=O) groups excluding carboxylic acids is 1. The summed E-state index contributed by atoms with van der Waals surface area (Å²) in [6.45, 7) is 9.07. The second kappa shape index (κ2) is 6.54. The maximum absolute atomic E-state index is 11.6. The Hall–Kier alpha value is -1.36. The van der Waals surface area contributed by atoms with Crippen LogP contribution < -0.4 is 10.2 Å². The quantitative estimate of drug-likeness (QED) is 0.885. The lowest BCUT2D eigenvalue weighted by atomic mass is 10.3. The van der Waals surface area contributed by atoms with E-state index in [2.05, 4.69) is 15.3 Å². The predicted molar refractivity (Wildman–Crippen MR) is 73.1 cm³/mol. The monoisotopic (exact) mass is 270 g/mol. The molecule has 1 N–H and O–H groups in total. The minimum Gasteiger partial charge on any atom is -0.355 e. The lowest BCUT2D eigenvalue weighted by Gasteiger charge is -2.22. The predicted octanol–water partition coefficient (Wildman–Crippen LogP) is 1.71. The molecule has 0 saturated heterocycles. The lowest BCUT2D eigenvalue weighted by Crippen LogP contribution is -2.37. The summed E-state index contributed by atoms with van der Waals surface area (Å²) in [5.41, 5.74) is 1.63. The molecule has 1 aromatic rings. The van der Waals surface area contributed by atoms with Crippen molar-refractivity contribution < 1.29 is 4.79 Å². The number of carbonyl (C=O) groups is 1. The van der Waals surface area contributed by atoms with Gasteiger partial charge in [0.05, 0.1) is 17.9 Å². The first-order chi connectivity index (χ1) is 8.49. The number of anilines is 1. The van der Waals surface area contributed by atoms with Gasteiger partial charge in [0.1, 0.15) is 0 Å². The Morgan fingerprint density at radius 1 is 1.28 bits per heavy atom. The highest BCUT2D eigenvalue weighted by Gasteiger charge is 2.16. The van der Waals surface area contributed by atoms with Crippen molar-refractivity contribution in [3.63, 3.8) is 0 Å². The molecule has 0 aromatic carbocycles. The van der Waals surface area contributed by atoms with Gasteiger partial charge in [-0.15, -0.1) is 0 Å². The summed E-state index contributed by atoms with van der Waals surface area (Å²) in [4.78, 5) is 22.0. The normalized spacial score (nSPS) is 10.3. The molecular weight excluding hydrogens is 252 g/mol. The third kappa shape index (κ3) is 3.57. The molecule has 0 fully saturated rings. The number of hydrogen-bond acceptors (Lipinski definition) is 4. The highest BCUT2D eigenvalue weighted by Crippen LogP contribution is 2.22. The van der Waals surface area contributed by atoms with E-state index in [-0.39, 0.29) is 12.5 Å². The molecule has 1 heterocycles. The van der Waals surface area contributed by atoms with Crippen LogP contribution in [-0.2, 0) is 4.79 Å². The number of amides is 1. The zero-order chi connectivity index (χ0) is 13.7. The second-order valence-electron chi connectivity index (χ2n) is 3.98. The van der Waals surface area contributed by atoms with E-state index >= 15 is 0 Å². The molecule has 0 bridgehead atoms. The number of nitrogens with zero attached hydrogens (tertiary/aromatic N) is 3. The first-order valence-electron chi connectivity index (χ1n) is 6.01. The first kappa shape index (κ1) is 14.7. The van der Waals surface area contributed by atoms with Gasteiger partial charge in [-0.05, 0) is 27.7 Å². The maximum Gasteiger partial charge on any atom is 0.239 e. The average molecular weight is 271 g/mol. The van der Waals surface area contributed by atoms with Crippen molar-refractivity contribution >= 4 is 23.3 Å². The standard InChI is InChI=1S/C12H19ClN4O/c1-5-14-10(18)7-17(6-2)12-11(13)15-8(3)9(4)16-12/h5-7H2,1-4H3,(H,14,18). The van der Waals surface area contributed by atoms with Crippen molar-refractivity contribution in [2.24, 2.45) is 0 Å². The number of nitrogens with one attached hydrogen (secondary N) is 1. The minimum atomic E-state index is -0.0459. The van der Waals surface area contributed by atoms with Crippen molar-refractivity contribution in [2.45, 2.75) is 27.7 Å². The molecule has 0 saturated carbocycles. The highest BCUT2D eigenvalue weighted by molar-refractivity contribution is 6.31.